The number of hydrogen-bond donors (Lipinski definition) is 1. The van der Waals surface area contributed by atoms with Crippen LogP contribution in [0.5, 0.6) is 0 Å². The van der Waals surface area contributed by atoms with Gasteiger partial charge in [0.2, 0.25) is 0 Å². The fourth-order valence-electron chi connectivity index (χ4n) is 2.09. The van der Waals surface area contributed by atoms with E-state index in [2.05, 4.69) is 32.0 Å². The first-order valence-corrected chi connectivity index (χ1v) is 5.95. The van der Waals surface area contributed by atoms with Crippen molar-refractivity contribution < 1.29 is 0 Å². The average Bonchev–Trinajstić information content (AvgIpc) is 2.68. The molecule has 0 unspecified atom stereocenters. The van der Waals surface area contributed by atoms with Gasteiger partial charge < -0.3 is 9.88 Å². The maximum Gasteiger partial charge on any atom is 0.0951 e. The molecule has 0 saturated carbocycles. The first kappa shape index (κ1) is 10.5. The molecule has 0 aliphatic carbocycles. The first-order valence-electron chi connectivity index (χ1n) is 5.95. The van der Waals surface area contributed by atoms with Crippen molar-refractivity contribution in [1.82, 2.24) is 19.9 Å². The lowest BCUT2D eigenvalue weighted by atomic mass is 10.00. The standard InChI is InChI=1S/C13H16N4/c1-10-2-3-11(4-16-10)8-17-9-15-7-13(17)12-5-14-6-12/h2-4,7,9,12,14H,5-6,8H2,1H3. The van der Waals surface area contributed by atoms with Gasteiger partial charge in [0.15, 0.2) is 0 Å². The van der Waals surface area contributed by atoms with Gasteiger partial charge >= 0.3 is 0 Å². The molecule has 88 valence electrons. The fraction of sp³-hybridized carbons (Fsp3) is 0.385. The first-order chi connectivity index (χ1) is 8.33. The summed E-state index contributed by atoms with van der Waals surface area (Å²) in [5.41, 5.74) is 3.61. The molecule has 1 aliphatic heterocycles. The van der Waals surface area contributed by atoms with Crippen molar-refractivity contribution in [3.8, 4) is 0 Å². The number of rotatable bonds is 3. The SMILES string of the molecule is Cc1ccc(Cn2cncc2C2CNC2)cn1. The van der Waals surface area contributed by atoms with Crippen LogP contribution in [0, 0.1) is 6.92 Å². The summed E-state index contributed by atoms with van der Waals surface area (Å²) in [5.74, 6) is 0.621. The van der Waals surface area contributed by atoms with Gasteiger partial charge in [0.05, 0.1) is 12.9 Å². The van der Waals surface area contributed by atoms with Crippen LogP contribution in [-0.2, 0) is 6.54 Å². The van der Waals surface area contributed by atoms with Gasteiger partial charge in [-0.1, -0.05) is 6.07 Å². The summed E-state index contributed by atoms with van der Waals surface area (Å²) in [7, 11) is 0. The molecule has 1 N–H and O–H groups in total. The number of aromatic nitrogens is 3. The molecular weight excluding hydrogens is 212 g/mol. The molecular formula is C13H16N4. The largest absolute Gasteiger partial charge is 0.330 e. The van der Waals surface area contributed by atoms with Crippen molar-refractivity contribution in [1.29, 1.82) is 0 Å². The summed E-state index contributed by atoms with van der Waals surface area (Å²) in [6.07, 6.45) is 5.83. The summed E-state index contributed by atoms with van der Waals surface area (Å²) >= 11 is 0. The molecule has 3 rings (SSSR count). The smallest absolute Gasteiger partial charge is 0.0951 e. The summed E-state index contributed by atoms with van der Waals surface area (Å²) in [6, 6.07) is 4.18. The molecule has 0 spiro atoms. The molecule has 2 aromatic rings. The molecule has 0 bridgehead atoms. The van der Waals surface area contributed by atoms with E-state index in [4.69, 9.17) is 0 Å². The average molecular weight is 228 g/mol. The highest BCUT2D eigenvalue weighted by Crippen LogP contribution is 2.20. The maximum absolute atomic E-state index is 4.32. The number of imidazole rings is 1. The highest BCUT2D eigenvalue weighted by Gasteiger charge is 2.22. The van der Waals surface area contributed by atoms with Crippen molar-refractivity contribution >= 4 is 0 Å². The molecule has 0 amide bonds. The van der Waals surface area contributed by atoms with Gasteiger partial charge in [0.1, 0.15) is 0 Å². The summed E-state index contributed by atoms with van der Waals surface area (Å²) in [5, 5.41) is 3.29. The minimum absolute atomic E-state index is 0.621. The maximum atomic E-state index is 4.32. The molecule has 0 atom stereocenters. The Morgan fingerprint density at radius 2 is 2.24 bits per heavy atom. The molecule has 4 heteroatoms. The van der Waals surface area contributed by atoms with Crippen molar-refractivity contribution in [3.05, 3.63) is 47.8 Å². The van der Waals surface area contributed by atoms with Crippen molar-refractivity contribution in [2.75, 3.05) is 13.1 Å². The predicted molar refractivity (Wildman–Crippen MR) is 65.9 cm³/mol. The second-order valence-electron chi connectivity index (χ2n) is 4.61. The minimum Gasteiger partial charge on any atom is -0.330 e. The summed E-state index contributed by atoms with van der Waals surface area (Å²) < 4.78 is 2.22. The third-order valence-electron chi connectivity index (χ3n) is 3.27. The zero-order valence-electron chi connectivity index (χ0n) is 9.93. The Kier molecular flexibility index (Phi) is 2.65. The van der Waals surface area contributed by atoms with Crippen LogP contribution < -0.4 is 5.32 Å². The zero-order valence-corrected chi connectivity index (χ0v) is 9.93. The molecule has 1 aliphatic rings. The topological polar surface area (TPSA) is 42.7 Å². The van der Waals surface area contributed by atoms with Crippen LogP contribution in [0.4, 0.5) is 0 Å². The van der Waals surface area contributed by atoms with Gasteiger partial charge in [-0.2, -0.15) is 0 Å². The second kappa shape index (κ2) is 4.30. The number of nitrogens with one attached hydrogen (secondary N) is 1. The Hall–Kier alpha value is -1.68. The monoisotopic (exact) mass is 228 g/mol. The van der Waals surface area contributed by atoms with E-state index in [1.807, 2.05) is 25.6 Å². The van der Waals surface area contributed by atoms with Gasteiger partial charge in [-0.3, -0.25) is 4.98 Å². The Morgan fingerprint density at radius 3 is 2.88 bits per heavy atom. The van der Waals surface area contributed by atoms with E-state index in [0.717, 1.165) is 25.3 Å². The Morgan fingerprint density at radius 1 is 1.35 bits per heavy atom. The summed E-state index contributed by atoms with van der Waals surface area (Å²) in [6.45, 7) is 5.00. The van der Waals surface area contributed by atoms with Crippen molar-refractivity contribution in [2.45, 2.75) is 19.4 Å². The zero-order chi connectivity index (χ0) is 11.7. The van der Waals surface area contributed by atoms with Crippen molar-refractivity contribution in [2.24, 2.45) is 0 Å². The number of hydrogen-bond acceptors (Lipinski definition) is 3. The minimum atomic E-state index is 0.621. The third-order valence-corrected chi connectivity index (χ3v) is 3.27. The number of pyridine rings is 1. The lowest BCUT2D eigenvalue weighted by Gasteiger charge is -2.27. The quantitative estimate of drug-likeness (QED) is 0.861. The highest BCUT2D eigenvalue weighted by molar-refractivity contribution is 5.17. The van der Waals surface area contributed by atoms with E-state index < -0.39 is 0 Å². The van der Waals surface area contributed by atoms with Crippen LogP contribution in [-0.4, -0.2) is 27.6 Å². The molecule has 0 aromatic carbocycles. The van der Waals surface area contributed by atoms with Gasteiger partial charge in [-0.05, 0) is 18.6 Å². The molecule has 2 aromatic heterocycles. The van der Waals surface area contributed by atoms with Gasteiger partial charge in [0, 0.05) is 42.8 Å². The third kappa shape index (κ3) is 2.08. The van der Waals surface area contributed by atoms with E-state index in [1.165, 1.54) is 11.3 Å². The molecule has 0 radical (unpaired) electrons. The molecule has 4 nitrogen and oxygen atoms in total. The van der Waals surface area contributed by atoms with Crippen LogP contribution >= 0.6 is 0 Å². The highest BCUT2D eigenvalue weighted by atomic mass is 15.1. The van der Waals surface area contributed by atoms with Crippen LogP contribution in [0.3, 0.4) is 0 Å². The molecule has 3 heterocycles. The van der Waals surface area contributed by atoms with Crippen LogP contribution in [0.15, 0.2) is 30.9 Å². The lowest BCUT2D eigenvalue weighted by Crippen LogP contribution is -2.40. The lowest BCUT2D eigenvalue weighted by molar-refractivity contribution is 0.427. The van der Waals surface area contributed by atoms with Gasteiger partial charge in [-0.15, -0.1) is 0 Å². The normalized spacial score (nSPS) is 15.8. The predicted octanol–water partition coefficient (Wildman–Crippen LogP) is 1.32. The van der Waals surface area contributed by atoms with Gasteiger partial charge in [0.25, 0.3) is 0 Å². The van der Waals surface area contributed by atoms with Gasteiger partial charge in [-0.25, -0.2) is 4.98 Å². The van der Waals surface area contributed by atoms with E-state index in [9.17, 15) is 0 Å². The number of nitrogens with zero attached hydrogens (tertiary/aromatic N) is 3. The summed E-state index contributed by atoms with van der Waals surface area (Å²) in [4.78, 5) is 8.58. The van der Waals surface area contributed by atoms with E-state index in [-0.39, 0.29) is 0 Å². The van der Waals surface area contributed by atoms with E-state index >= 15 is 0 Å². The Balaban J connectivity index is 1.80. The van der Waals surface area contributed by atoms with Crippen LogP contribution in [0.2, 0.25) is 0 Å². The second-order valence-corrected chi connectivity index (χ2v) is 4.61. The molecule has 1 saturated heterocycles. The Labute approximate surface area is 101 Å². The molecule has 1 fully saturated rings. The van der Waals surface area contributed by atoms with Crippen molar-refractivity contribution in [3.63, 3.8) is 0 Å². The van der Waals surface area contributed by atoms with E-state index in [1.54, 1.807) is 0 Å². The van der Waals surface area contributed by atoms with Crippen LogP contribution in [0.1, 0.15) is 22.9 Å². The molecule has 17 heavy (non-hydrogen) atoms. The van der Waals surface area contributed by atoms with E-state index in [0.29, 0.717) is 5.92 Å². The fourth-order valence-corrected chi connectivity index (χ4v) is 2.09. The number of aryl methyl sites for hydroxylation is 1. The van der Waals surface area contributed by atoms with Crippen LogP contribution in [0.25, 0.3) is 0 Å². The Bertz CT molecular complexity index is 496.